The van der Waals surface area contributed by atoms with Crippen molar-refractivity contribution in [2.75, 3.05) is 27.9 Å². The van der Waals surface area contributed by atoms with E-state index in [1.165, 1.54) is 0 Å². The zero-order valence-corrected chi connectivity index (χ0v) is 17.1. The normalized spacial score (nSPS) is 11.5. The maximum atomic E-state index is 9.76. The minimum Gasteiger partial charge on any atom is -0.497 e. The van der Waals surface area contributed by atoms with Gasteiger partial charge in [-0.3, -0.25) is 4.99 Å². The molecule has 2 aromatic carbocycles. The summed E-state index contributed by atoms with van der Waals surface area (Å²) in [5, 5.41) is 9.76. The molecule has 150 valence electrons. The Balaban J connectivity index is 2.52. The molecule has 0 N–H and O–H groups in total. The van der Waals surface area contributed by atoms with Crippen LogP contribution in [-0.2, 0) is 0 Å². The fourth-order valence-electron chi connectivity index (χ4n) is 2.78. The van der Waals surface area contributed by atoms with Gasteiger partial charge in [0.1, 0.15) is 17.5 Å². The summed E-state index contributed by atoms with van der Waals surface area (Å²) in [4.78, 5) is 4.52. The summed E-state index contributed by atoms with van der Waals surface area (Å²) in [6, 6.07) is 15.4. The number of aliphatic imine (C=N–C) groups is 1. The molecule has 0 heterocycles. The average Bonchev–Trinajstić information content (AvgIpc) is 2.78. The van der Waals surface area contributed by atoms with Crippen LogP contribution < -0.4 is 14.2 Å². The van der Waals surface area contributed by atoms with Crippen molar-refractivity contribution in [3.05, 3.63) is 66.2 Å². The van der Waals surface area contributed by atoms with Crippen LogP contribution in [0.4, 0.5) is 0 Å². The molecule has 0 aliphatic rings. The predicted octanol–water partition coefficient (Wildman–Crippen LogP) is 5.18. The highest BCUT2D eigenvalue weighted by molar-refractivity contribution is 6.34. The zero-order valence-electron chi connectivity index (χ0n) is 17.1. The summed E-state index contributed by atoms with van der Waals surface area (Å²) < 4.78 is 16.0. The summed E-state index contributed by atoms with van der Waals surface area (Å²) >= 11 is 0. The molecule has 5 nitrogen and oxygen atoms in total. The zero-order chi connectivity index (χ0) is 21.1. The second-order valence-corrected chi connectivity index (χ2v) is 6.17. The van der Waals surface area contributed by atoms with Gasteiger partial charge in [-0.15, -0.1) is 6.58 Å². The third-order valence-electron chi connectivity index (χ3n) is 4.32. The molecule has 0 saturated heterocycles. The van der Waals surface area contributed by atoms with Gasteiger partial charge in [-0.25, -0.2) is 0 Å². The Morgan fingerprint density at radius 3 is 2.34 bits per heavy atom. The lowest BCUT2D eigenvalue weighted by Crippen LogP contribution is -2.02. The first-order valence-electron chi connectivity index (χ1n) is 9.30. The van der Waals surface area contributed by atoms with Crippen molar-refractivity contribution < 1.29 is 14.2 Å². The van der Waals surface area contributed by atoms with Crippen LogP contribution in [0.5, 0.6) is 17.2 Å². The number of methoxy groups -OCH3 is 3. The van der Waals surface area contributed by atoms with E-state index in [9.17, 15) is 5.26 Å². The van der Waals surface area contributed by atoms with Crippen molar-refractivity contribution in [3.63, 3.8) is 0 Å². The summed E-state index contributed by atoms with van der Waals surface area (Å²) in [5.74, 6) is 2.02. The number of nitriles is 1. The predicted molar refractivity (Wildman–Crippen MR) is 118 cm³/mol. The lowest BCUT2D eigenvalue weighted by Gasteiger charge is -2.10. The molecule has 0 bridgehead atoms. The minimum atomic E-state index is 0.383. The van der Waals surface area contributed by atoms with Gasteiger partial charge in [0, 0.05) is 12.1 Å². The van der Waals surface area contributed by atoms with Crippen molar-refractivity contribution in [1.82, 2.24) is 0 Å². The molecule has 2 aromatic rings. The Morgan fingerprint density at radius 1 is 1.03 bits per heavy atom. The van der Waals surface area contributed by atoms with Crippen LogP contribution in [0.3, 0.4) is 0 Å². The van der Waals surface area contributed by atoms with Gasteiger partial charge in [0.05, 0.1) is 21.3 Å². The fraction of sp³-hybridized carbons (Fsp3) is 0.250. The third-order valence-corrected chi connectivity index (χ3v) is 4.32. The van der Waals surface area contributed by atoms with Gasteiger partial charge in [0.25, 0.3) is 0 Å². The first-order chi connectivity index (χ1) is 14.2. The van der Waals surface area contributed by atoms with Crippen LogP contribution in [0.15, 0.2) is 60.1 Å². The van der Waals surface area contributed by atoms with Crippen LogP contribution >= 0.6 is 0 Å². The smallest absolute Gasteiger partial charge is 0.161 e. The summed E-state index contributed by atoms with van der Waals surface area (Å²) in [6.45, 7) is 4.29. The van der Waals surface area contributed by atoms with E-state index in [0.29, 0.717) is 23.8 Å². The van der Waals surface area contributed by atoms with Crippen molar-refractivity contribution >= 4 is 17.4 Å². The number of allylic oxidation sites excluding steroid dienone is 2. The molecular formula is C24H26N2O3. The molecule has 0 aliphatic heterocycles. The van der Waals surface area contributed by atoms with E-state index in [1.54, 1.807) is 21.3 Å². The molecule has 0 unspecified atom stereocenters. The van der Waals surface area contributed by atoms with Crippen LogP contribution in [0.25, 0.3) is 11.6 Å². The van der Waals surface area contributed by atoms with E-state index < -0.39 is 0 Å². The van der Waals surface area contributed by atoms with Gasteiger partial charge in [-0.05, 0) is 54.3 Å². The molecular weight excluding hydrogens is 364 g/mol. The second-order valence-electron chi connectivity index (χ2n) is 6.17. The van der Waals surface area contributed by atoms with Gasteiger partial charge in [0.15, 0.2) is 11.5 Å². The second kappa shape index (κ2) is 11.4. The van der Waals surface area contributed by atoms with Crippen molar-refractivity contribution in [1.29, 1.82) is 5.26 Å². The van der Waals surface area contributed by atoms with Crippen molar-refractivity contribution in [2.45, 2.75) is 12.8 Å². The standard InChI is InChI=1S/C24H26N2O3/c1-5-6-7-14-26-22(17-25)21(19-9-11-20(27-2)12-10-19)15-18-8-13-23(28-3)24(16-18)29-4/h5,8-13,15-16H,1,6-7,14H2,2-4H3/b21-15+,26-22-. The largest absolute Gasteiger partial charge is 0.497 e. The van der Waals surface area contributed by atoms with Gasteiger partial charge in [-0.2, -0.15) is 5.26 Å². The van der Waals surface area contributed by atoms with E-state index in [4.69, 9.17) is 14.2 Å². The van der Waals surface area contributed by atoms with Crippen LogP contribution in [-0.4, -0.2) is 33.6 Å². The van der Waals surface area contributed by atoms with Gasteiger partial charge < -0.3 is 14.2 Å². The highest BCUT2D eigenvalue weighted by Crippen LogP contribution is 2.30. The highest BCUT2D eigenvalue weighted by atomic mass is 16.5. The van der Waals surface area contributed by atoms with Gasteiger partial charge in [-0.1, -0.05) is 24.3 Å². The van der Waals surface area contributed by atoms with Crippen LogP contribution in [0.2, 0.25) is 0 Å². The number of benzene rings is 2. The SMILES string of the molecule is C=CCCC/N=C(C#N)\C(=C\c1ccc(OC)c(OC)c1)c1ccc(OC)cc1. The first-order valence-corrected chi connectivity index (χ1v) is 9.30. The van der Waals surface area contributed by atoms with Crippen LogP contribution in [0, 0.1) is 11.3 Å². The topological polar surface area (TPSA) is 63.8 Å². The van der Waals surface area contributed by atoms with Gasteiger partial charge in [0.2, 0.25) is 0 Å². The first kappa shape index (κ1) is 21.8. The highest BCUT2D eigenvalue weighted by Gasteiger charge is 2.12. The lowest BCUT2D eigenvalue weighted by atomic mass is 9.98. The maximum Gasteiger partial charge on any atom is 0.161 e. The molecule has 0 amide bonds. The third kappa shape index (κ3) is 5.98. The summed E-state index contributed by atoms with van der Waals surface area (Å²) in [7, 11) is 4.81. The maximum absolute atomic E-state index is 9.76. The molecule has 29 heavy (non-hydrogen) atoms. The Morgan fingerprint density at radius 2 is 1.76 bits per heavy atom. The summed E-state index contributed by atoms with van der Waals surface area (Å²) in [6.07, 6.45) is 5.49. The molecule has 2 rings (SSSR count). The van der Waals surface area contributed by atoms with E-state index in [1.807, 2.05) is 54.6 Å². The lowest BCUT2D eigenvalue weighted by molar-refractivity contribution is 0.355. The molecule has 0 aromatic heterocycles. The Bertz CT molecular complexity index is 922. The fourth-order valence-corrected chi connectivity index (χ4v) is 2.78. The number of hydrogen-bond donors (Lipinski definition) is 0. The molecule has 0 saturated carbocycles. The van der Waals surface area contributed by atoms with Crippen molar-refractivity contribution in [2.24, 2.45) is 4.99 Å². The molecule has 0 spiro atoms. The van der Waals surface area contributed by atoms with Crippen LogP contribution in [0.1, 0.15) is 24.0 Å². The van der Waals surface area contributed by atoms with E-state index in [2.05, 4.69) is 17.6 Å². The minimum absolute atomic E-state index is 0.383. The Hall–Kier alpha value is -3.52. The number of hydrogen-bond acceptors (Lipinski definition) is 5. The molecule has 0 radical (unpaired) electrons. The van der Waals surface area contributed by atoms with Crippen molar-refractivity contribution in [3.8, 4) is 23.3 Å². The van der Waals surface area contributed by atoms with E-state index in [0.717, 1.165) is 35.3 Å². The number of ether oxygens (including phenoxy) is 3. The van der Waals surface area contributed by atoms with Gasteiger partial charge >= 0.3 is 0 Å². The quantitative estimate of drug-likeness (QED) is 0.243. The number of unbranched alkanes of at least 4 members (excludes halogenated alkanes) is 1. The molecule has 0 aliphatic carbocycles. The number of rotatable bonds is 10. The summed E-state index contributed by atoms with van der Waals surface area (Å²) in [5.41, 5.74) is 2.88. The average molecular weight is 390 g/mol. The van der Waals surface area contributed by atoms with E-state index in [-0.39, 0.29) is 0 Å². The Kier molecular flexibility index (Phi) is 8.52. The molecule has 5 heteroatoms. The molecule has 0 fully saturated rings. The monoisotopic (exact) mass is 390 g/mol. The molecule has 0 atom stereocenters. The number of nitrogens with zero attached hydrogens (tertiary/aromatic N) is 2. The van der Waals surface area contributed by atoms with E-state index >= 15 is 0 Å². The Labute approximate surface area is 172 Å².